The minimum Gasteiger partial charge on any atom is -0.480 e. The van der Waals surface area contributed by atoms with E-state index in [4.69, 9.17) is 0 Å². The maximum absolute atomic E-state index is 12.6. The quantitative estimate of drug-likeness (QED) is 0.315. The molecule has 4 N–H and O–H groups in total. The molecule has 0 aliphatic carbocycles. The highest BCUT2D eigenvalue weighted by Gasteiger charge is 2.27. The largest absolute Gasteiger partial charge is 0.480 e. The summed E-state index contributed by atoms with van der Waals surface area (Å²) in [5.41, 5.74) is 0.620. The van der Waals surface area contributed by atoms with Crippen LogP contribution in [0.15, 0.2) is 18.2 Å². The van der Waals surface area contributed by atoms with Gasteiger partial charge in [-0.05, 0) is 88.1 Å². The van der Waals surface area contributed by atoms with Crippen LogP contribution in [-0.2, 0) is 9.59 Å². The Balaban J connectivity index is 2.82. The molecule has 2 atom stereocenters. The van der Waals surface area contributed by atoms with Gasteiger partial charge >= 0.3 is 12.0 Å². The Morgan fingerprint density at radius 2 is 1.50 bits per heavy atom. The lowest BCUT2D eigenvalue weighted by molar-refractivity contribution is -0.142. The van der Waals surface area contributed by atoms with Crippen LogP contribution in [0.4, 0.5) is 10.5 Å². The van der Waals surface area contributed by atoms with E-state index in [1.807, 2.05) is 39.8 Å². The smallest absolute Gasteiger partial charge is 0.326 e. The van der Waals surface area contributed by atoms with E-state index in [9.17, 15) is 19.5 Å². The third kappa shape index (κ3) is 8.93. The van der Waals surface area contributed by atoms with Crippen LogP contribution in [0.1, 0.15) is 40.5 Å². The summed E-state index contributed by atoms with van der Waals surface area (Å²) in [6.45, 7) is 7.65. The fraction of sp³-hybridized carbons (Fsp3) is 0.526. The van der Waals surface area contributed by atoms with E-state index in [2.05, 4.69) is 61.1 Å². The first-order valence-corrected chi connectivity index (χ1v) is 11.2. The van der Waals surface area contributed by atoms with Gasteiger partial charge in [0.05, 0.1) is 0 Å². The van der Waals surface area contributed by atoms with Crippen molar-refractivity contribution < 1.29 is 19.5 Å². The average molecular weight is 615 g/mol. The molecule has 2 unspecified atom stereocenters. The molecule has 0 aliphatic heterocycles. The van der Waals surface area contributed by atoms with Gasteiger partial charge in [0, 0.05) is 12.8 Å². The fourth-order valence-corrected chi connectivity index (χ4v) is 3.42. The zero-order chi connectivity index (χ0) is 21.4. The Labute approximate surface area is 193 Å². The lowest BCUT2D eigenvalue weighted by Gasteiger charge is -2.23. The molecule has 0 saturated heterocycles. The Morgan fingerprint density at radius 1 is 0.929 bits per heavy atom. The number of urea groups is 1. The number of carbonyl (C=O) groups excluding carboxylic acids is 2. The normalized spacial score (nSPS) is 13.1. The number of amides is 3. The van der Waals surface area contributed by atoms with Crippen molar-refractivity contribution in [2.24, 2.45) is 11.8 Å². The van der Waals surface area contributed by atoms with Crippen molar-refractivity contribution in [2.45, 2.75) is 52.6 Å². The van der Waals surface area contributed by atoms with E-state index in [1.165, 1.54) is 0 Å². The van der Waals surface area contributed by atoms with Crippen LogP contribution in [0.25, 0.3) is 0 Å². The van der Waals surface area contributed by atoms with Crippen LogP contribution in [0.5, 0.6) is 0 Å². The zero-order valence-electron chi connectivity index (χ0n) is 16.4. The molecule has 7 nitrogen and oxygen atoms in total. The van der Waals surface area contributed by atoms with E-state index in [0.29, 0.717) is 18.5 Å². The number of halogens is 2. The molecule has 1 aromatic rings. The molecule has 0 aliphatic rings. The Kier molecular flexibility index (Phi) is 10.5. The lowest BCUT2D eigenvalue weighted by atomic mass is 10.0. The number of benzene rings is 1. The minimum atomic E-state index is -1.08. The van der Waals surface area contributed by atoms with Crippen molar-refractivity contribution in [3.8, 4) is 0 Å². The van der Waals surface area contributed by atoms with Gasteiger partial charge in [0.25, 0.3) is 0 Å². The second-order valence-corrected chi connectivity index (χ2v) is 9.76. The summed E-state index contributed by atoms with van der Waals surface area (Å²) in [6, 6.07) is 3.20. The summed E-state index contributed by atoms with van der Waals surface area (Å²) < 4.78 is 2.08. The highest BCUT2D eigenvalue weighted by molar-refractivity contribution is 14.1. The van der Waals surface area contributed by atoms with Crippen molar-refractivity contribution in [1.82, 2.24) is 10.6 Å². The molecule has 0 aromatic heterocycles. The topological polar surface area (TPSA) is 108 Å². The molecule has 28 heavy (non-hydrogen) atoms. The molecule has 9 heteroatoms. The molecule has 0 spiro atoms. The van der Waals surface area contributed by atoms with Crippen molar-refractivity contribution in [3.63, 3.8) is 0 Å². The monoisotopic (exact) mass is 615 g/mol. The molecule has 0 bridgehead atoms. The van der Waals surface area contributed by atoms with E-state index in [1.54, 1.807) is 6.07 Å². The molecular formula is C19H27I2N3O4. The first kappa shape index (κ1) is 24.9. The van der Waals surface area contributed by atoms with E-state index in [-0.39, 0.29) is 11.8 Å². The van der Waals surface area contributed by atoms with Gasteiger partial charge in [0.15, 0.2) is 0 Å². The molecule has 0 radical (unpaired) electrons. The standard InChI is InChI=1S/C19H27I2N3O4/c1-10(2)7-15(17(25)23-16(18(26)27)8-11(3)4)24-19(28)22-12-5-6-13(20)14(21)9-12/h5-6,9-11,15-16H,7-8H2,1-4H3,(H,23,25)(H,26,27)(H2,22,24,28). The van der Waals surface area contributed by atoms with Gasteiger partial charge in [-0.3, -0.25) is 4.79 Å². The summed E-state index contributed by atoms with van der Waals surface area (Å²) >= 11 is 4.38. The molecular weight excluding hydrogens is 588 g/mol. The fourth-order valence-electron chi connectivity index (χ4n) is 2.57. The number of anilines is 1. The minimum absolute atomic E-state index is 0.115. The van der Waals surface area contributed by atoms with Crippen LogP contribution in [-0.4, -0.2) is 35.1 Å². The Hall–Kier alpha value is -1.11. The molecule has 1 aromatic carbocycles. The zero-order valence-corrected chi connectivity index (χ0v) is 20.7. The number of rotatable bonds is 9. The van der Waals surface area contributed by atoms with Crippen LogP contribution >= 0.6 is 45.2 Å². The molecule has 0 saturated carbocycles. The highest BCUT2D eigenvalue weighted by atomic mass is 127. The lowest BCUT2D eigenvalue weighted by Crippen LogP contribution is -2.53. The van der Waals surface area contributed by atoms with Crippen molar-refractivity contribution in [1.29, 1.82) is 0 Å². The third-order valence-electron chi connectivity index (χ3n) is 3.83. The van der Waals surface area contributed by atoms with Crippen LogP contribution in [0.3, 0.4) is 0 Å². The maximum Gasteiger partial charge on any atom is 0.326 e. The van der Waals surface area contributed by atoms with Gasteiger partial charge in [0.2, 0.25) is 5.91 Å². The van der Waals surface area contributed by atoms with Crippen LogP contribution < -0.4 is 16.0 Å². The van der Waals surface area contributed by atoms with Gasteiger partial charge in [-0.25, -0.2) is 9.59 Å². The van der Waals surface area contributed by atoms with Crippen molar-refractivity contribution in [2.75, 3.05) is 5.32 Å². The molecule has 0 fully saturated rings. The highest BCUT2D eigenvalue weighted by Crippen LogP contribution is 2.19. The van der Waals surface area contributed by atoms with Gasteiger partial charge in [-0.2, -0.15) is 0 Å². The van der Waals surface area contributed by atoms with E-state index in [0.717, 1.165) is 7.14 Å². The number of hydrogen-bond donors (Lipinski definition) is 4. The number of hydrogen-bond acceptors (Lipinski definition) is 3. The number of nitrogens with one attached hydrogen (secondary N) is 3. The Bertz CT molecular complexity index is 710. The van der Waals surface area contributed by atoms with Gasteiger partial charge in [-0.1, -0.05) is 27.7 Å². The summed E-state index contributed by atoms with van der Waals surface area (Å²) in [5, 5.41) is 17.3. The van der Waals surface area contributed by atoms with Crippen molar-refractivity contribution >= 4 is 68.8 Å². The van der Waals surface area contributed by atoms with E-state index < -0.39 is 30.0 Å². The third-order valence-corrected chi connectivity index (χ3v) is 6.69. The Morgan fingerprint density at radius 3 is 2.00 bits per heavy atom. The van der Waals surface area contributed by atoms with E-state index >= 15 is 0 Å². The number of aliphatic carboxylic acids is 1. The summed E-state index contributed by atoms with van der Waals surface area (Å²) in [7, 11) is 0. The molecule has 1 rings (SSSR count). The molecule has 156 valence electrons. The average Bonchev–Trinajstić information content (AvgIpc) is 2.56. The maximum atomic E-state index is 12.6. The second-order valence-electron chi connectivity index (χ2n) is 7.44. The summed E-state index contributed by atoms with van der Waals surface area (Å²) in [5.74, 6) is -1.31. The van der Waals surface area contributed by atoms with Gasteiger partial charge in [0.1, 0.15) is 12.1 Å². The summed E-state index contributed by atoms with van der Waals surface area (Å²) in [6.07, 6.45) is 0.722. The predicted molar refractivity (Wildman–Crippen MR) is 126 cm³/mol. The molecule has 0 heterocycles. The first-order valence-electron chi connectivity index (χ1n) is 9.05. The SMILES string of the molecule is CC(C)CC(NC(=O)C(CC(C)C)NC(=O)Nc1ccc(I)c(I)c1)C(=O)O. The number of carboxylic acid groups (broad SMARTS) is 1. The van der Waals surface area contributed by atoms with Crippen LogP contribution in [0, 0.1) is 19.0 Å². The number of carbonyl (C=O) groups is 3. The first-order chi connectivity index (χ1) is 13.0. The second kappa shape index (κ2) is 11.8. The number of carboxylic acids is 1. The van der Waals surface area contributed by atoms with Crippen molar-refractivity contribution in [3.05, 3.63) is 25.3 Å². The van der Waals surface area contributed by atoms with Gasteiger partial charge in [-0.15, -0.1) is 0 Å². The van der Waals surface area contributed by atoms with Crippen LogP contribution in [0.2, 0.25) is 0 Å². The predicted octanol–water partition coefficient (Wildman–Crippen LogP) is 4.05. The van der Waals surface area contributed by atoms with Gasteiger partial charge < -0.3 is 21.1 Å². The molecule has 3 amide bonds. The summed E-state index contributed by atoms with van der Waals surface area (Å²) in [4.78, 5) is 36.4.